The first-order valence-corrected chi connectivity index (χ1v) is 11.8. The molecule has 3 amide bonds. The number of aliphatic carboxylic acids is 2. The molecular weight excluding hydrogens is 440 g/mol. The molecule has 0 aliphatic carbocycles. The Labute approximate surface area is 192 Å². The molecular formula is C20H36N4O7S. The van der Waals surface area contributed by atoms with Crippen molar-refractivity contribution in [2.24, 2.45) is 17.6 Å². The second kappa shape index (κ2) is 14.7. The number of nitrogens with one attached hydrogen (secondary N) is 3. The van der Waals surface area contributed by atoms with Crippen molar-refractivity contribution >= 4 is 41.4 Å². The van der Waals surface area contributed by atoms with Crippen LogP contribution in [-0.4, -0.2) is 76.0 Å². The molecule has 0 aromatic carbocycles. The Morgan fingerprint density at radius 3 is 1.91 bits per heavy atom. The number of carboxylic acid groups (broad SMARTS) is 2. The van der Waals surface area contributed by atoms with Crippen molar-refractivity contribution in [2.75, 3.05) is 12.0 Å². The zero-order chi connectivity index (χ0) is 25.0. The summed E-state index contributed by atoms with van der Waals surface area (Å²) in [6, 6.07) is -4.64. The van der Waals surface area contributed by atoms with E-state index in [1.807, 2.05) is 6.26 Å². The third kappa shape index (κ3) is 10.3. The molecule has 184 valence electrons. The van der Waals surface area contributed by atoms with Gasteiger partial charge in [-0.15, -0.1) is 0 Å². The van der Waals surface area contributed by atoms with Crippen molar-refractivity contribution < 1.29 is 34.2 Å². The van der Waals surface area contributed by atoms with E-state index in [4.69, 9.17) is 10.8 Å². The highest BCUT2D eigenvalue weighted by molar-refractivity contribution is 7.98. The maximum Gasteiger partial charge on any atom is 0.326 e. The minimum absolute atomic E-state index is 0.345. The number of hydrogen-bond donors (Lipinski definition) is 6. The van der Waals surface area contributed by atoms with Crippen LogP contribution in [0, 0.1) is 11.8 Å². The summed E-state index contributed by atoms with van der Waals surface area (Å²) >= 11 is 1.49. The summed E-state index contributed by atoms with van der Waals surface area (Å²) in [6.45, 7) is 6.76. The zero-order valence-corrected chi connectivity index (χ0v) is 20.0. The lowest BCUT2D eigenvalue weighted by Crippen LogP contribution is -2.59. The normalized spacial score (nSPS) is 15.7. The Morgan fingerprint density at radius 2 is 1.47 bits per heavy atom. The molecule has 0 spiro atoms. The average Bonchev–Trinajstić information content (AvgIpc) is 2.71. The average molecular weight is 477 g/mol. The van der Waals surface area contributed by atoms with Crippen molar-refractivity contribution in [3.63, 3.8) is 0 Å². The quantitative estimate of drug-likeness (QED) is 0.186. The van der Waals surface area contributed by atoms with Gasteiger partial charge in [-0.1, -0.05) is 34.1 Å². The molecule has 0 radical (unpaired) electrons. The first-order valence-electron chi connectivity index (χ1n) is 10.5. The lowest BCUT2D eigenvalue weighted by atomic mass is 9.97. The Bertz CT molecular complexity index is 674. The van der Waals surface area contributed by atoms with Gasteiger partial charge in [0.25, 0.3) is 0 Å². The Morgan fingerprint density at radius 1 is 0.906 bits per heavy atom. The van der Waals surface area contributed by atoms with E-state index in [1.54, 1.807) is 27.7 Å². The molecule has 11 nitrogen and oxygen atoms in total. The van der Waals surface area contributed by atoms with Crippen LogP contribution in [0.25, 0.3) is 0 Å². The van der Waals surface area contributed by atoms with Gasteiger partial charge in [-0.3, -0.25) is 19.2 Å². The van der Waals surface area contributed by atoms with Crippen LogP contribution in [0.5, 0.6) is 0 Å². The van der Waals surface area contributed by atoms with Crippen molar-refractivity contribution in [1.29, 1.82) is 0 Å². The molecule has 7 N–H and O–H groups in total. The monoisotopic (exact) mass is 476 g/mol. The molecule has 0 fully saturated rings. The third-order valence-corrected chi connectivity index (χ3v) is 5.65. The van der Waals surface area contributed by atoms with Gasteiger partial charge in [0.15, 0.2) is 0 Å². The van der Waals surface area contributed by atoms with E-state index in [9.17, 15) is 29.1 Å². The molecule has 0 saturated carbocycles. The van der Waals surface area contributed by atoms with Crippen LogP contribution in [0.2, 0.25) is 0 Å². The van der Waals surface area contributed by atoms with Gasteiger partial charge in [0, 0.05) is 0 Å². The minimum atomic E-state index is -1.45. The largest absolute Gasteiger partial charge is 0.481 e. The summed E-state index contributed by atoms with van der Waals surface area (Å²) in [5.41, 5.74) is 5.78. The van der Waals surface area contributed by atoms with Crippen LogP contribution >= 0.6 is 11.8 Å². The summed E-state index contributed by atoms with van der Waals surface area (Å²) in [5, 5.41) is 25.7. The first-order chi connectivity index (χ1) is 14.8. The predicted octanol–water partition coefficient (Wildman–Crippen LogP) is -0.217. The number of hydrogen-bond acceptors (Lipinski definition) is 7. The fourth-order valence-electron chi connectivity index (χ4n) is 2.75. The first kappa shape index (κ1) is 29.7. The molecule has 0 heterocycles. The standard InChI is InChI=1S/C20H36N4O7S/c1-6-11(4)16(20(30)31)24-19(29)15(10(2)3)23-18(28)13(9-14(25)26)22-17(27)12(21)7-8-32-5/h10-13,15-16H,6-9,21H2,1-5H3,(H,22,27)(H,23,28)(H,24,29)(H,25,26)(H,30,31). The van der Waals surface area contributed by atoms with Gasteiger partial charge in [0.05, 0.1) is 12.5 Å². The van der Waals surface area contributed by atoms with Crippen LogP contribution in [0.4, 0.5) is 0 Å². The van der Waals surface area contributed by atoms with Crippen LogP contribution in [-0.2, 0) is 24.0 Å². The van der Waals surface area contributed by atoms with Crippen LogP contribution in [0.3, 0.4) is 0 Å². The second-order valence-electron chi connectivity index (χ2n) is 7.99. The highest BCUT2D eigenvalue weighted by Crippen LogP contribution is 2.10. The molecule has 12 heteroatoms. The molecule has 0 aromatic heterocycles. The lowest BCUT2D eigenvalue weighted by molar-refractivity contribution is -0.144. The predicted molar refractivity (Wildman–Crippen MR) is 121 cm³/mol. The maximum absolute atomic E-state index is 12.7. The third-order valence-electron chi connectivity index (χ3n) is 5.01. The Kier molecular flexibility index (Phi) is 13.6. The van der Waals surface area contributed by atoms with Gasteiger partial charge in [-0.05, 0) is 30.3 Å². The summed E-state index contributed by atoms with van der Waals surface area (Å²) < 4.78 is 0. The van der Waals surface area contributed by atoms with Crippen molar-refractivity contribution in [3.8, 4) is 0 Å². The van der Waals surface area contributed by atoms with Crippen molar-refractivity contribution in [2.45, 2.75) is 71.1 Å². The topological polar surface area (TPSA) is 188 Å². The van der Waals surface area contributed by atoms with Gasteiger partial charge in [-0.25, -0.2) is 4.79 Å². The smallest absolute Gasteiger partial charge is 0.326 e. The van der Waals surface area contributed by atoms with E-state index >= 15 is 0 Å². The molecule has 32 heavy (non-hydrogen) atoms. The Balaban J connectivity index is 5.44. The van der Waals surface area contributed by atoms with E-state index in [0.29, 0.717) is 18.6 Å². The molecule has 0 aliphatic heterocycles. The molecule has 0 bridgehead atoms. The fourth-order valence-corrected chi connectivity index (χ4v) is 3.24. The van der Waals surface area contributed by atoms with Gasteiger partial charge >= 0.3 is 11.9 Å². The van der Waals surface area contributed by atoms with Gasteiger partial charge in [0.2, 0.25) is 17.7 Å². The number of rotatable bonds is 15. The zero-order valence-electron chi connectivity index (χ0n) is 19.2. The van der Waals surface area contributed by atoms with Crippen LogP contribution in [0.15, 0.2) is 0 Å². The van der Waals surface area contributed by atoms with Crippen LogP contribution in [0.1, 0.15) is 47.0 Å². The van der Waals surface area contributed by atoms with E-state index in [-0.39, 0.29) is 5.92 Å². The number of nitrogens with two attached hydrogens (primary N) is 1. The fraction of sp³-hybridized carbons (Fsp3) is 0.750. The highest BCUT2D eigenvalue weighted by atomic mass is 32.2. The number of amides is 3. The number of carbonyl (C=O) groups is 5. The highest BCUT2D eigenvalue weighted by Gasteiger charge is 2.33. The summed E-state index contributed by atoms with van der Waals surface area (Å²) in [6.07, 6.45) is 2.00. The molecule has 0 rings (SSSR count). The summed E-state index contributed by atoms with van der Waals surface area (Å²) in [5.74, 6) is -4.94. The summed E-state index contributed by atoms with van der Waals surface area (Å²) in [4.78, 5) is 60.5. The number of carbonyl (C=O) groups excluding carboxylic acids is 3. The molecule has 5 unspecified atom stereocenters. The number of carboxylic acids is 2. The molecule has 5 atom stereocenters. The van der Waals surface area contributed by atoms with Crippen molar-refractivity contribution in [3.05, 3.63) is 0 Å². The lowest BCUT2D eigenvalue weighted by Gasteiger charge is -2.28. The van der Waals surface area contributed by atoms with Crippen molar-refractivity contribution in [1.82, 2.24) is 16.0 Å². The number of thioether (sulfide) groups is 1. The van der Waals surface area contributed by atoms with Gasteiger partial charge < -0.3 is 31.9 Å². The van der Waals surface area contributed by atoms with Gasteiger partial charge in [-0.2, -0.15) is 11.8 Å². The molecule has 0 saturated heterocycles. The second-order valence-corrected chi connectivity index (χ2v) is 8.97. The summed E-state index contributed by atoms with van der Waals surface area (Å²) in [7, 11) is 0. The van der Waals surface area contributed by atoms with E-state index in [0.717, 1.165) is 0 Å². The molecule has 0 aromatic rings. The van der Waals surface area contributed by atoms with E-state index in [2.05, 4.69) is 16.0 Å². The molecule has 0 aliphatic rings. The van der Waals surface area contributed by atoms with E-state index in [1.165, 1.54) is 11.8 Å². The van der Waals surface area contributed by atoms with Crippen LogP contribution < -0.4 is 21.7 Å². The SMILES string of the molecule is CCC(C)C(NC(=O)C(NC(=O)C(CC(=O)O)NC(=O)C(N)CCSC)C(C)C)C(=O)O. The maximum atomic E-state index is 12.7. The Hall–Kier alpha value is -2.34. The van der Waals surface area contributed by atoms with Gasteiger partial charge in [0.1, 0.15) is 18.1 Å². The van der Waals surface area contributed by atoms with E-state index < -0.39 is 66.2 Å². The minimum Gasteiger partial charge on any atom is -0.481 e.